The Morgan fingerprint density at radius 3 is 2.26 bits per heavy atom. The van der Waals surface area contributed by atoms with E-state index in [0.717, 1.165) is 42.3 Å². The van der Waals surface area contributed by atoms with E-state index < -0.39 is 23.6 Å². The standard InChI is InChI=1S/C36H46F3N3O5/c1-46-22-28-17-25(30-12-9-26(36(37,38)39)18-33(30)40-15-13-24(14-16-40)35(44)45)19-42(28)34(43)32-21-41(27-5-3-4-6-27)20-31(32)23-7-10-29(47-2)11-8-23/h7-12,18,24-25,27-28,31-32H,3-6,13-17,19-22H2,1-2H3,(H,44,45)/t25?,28-,31-,32+/m0/s1. The Bertz CT molecular complexity index is 1410. The molecule has 11 heteroatoms. The number of halogens is 3. The van der Waals surface area contributed by atoms with Gasteiger partial charge in [0.15, 0.2) is 0 Å². The molecular formula is C36H46F3N3O5. The number of rotatable bonds is 9. The number of aliphatic carboxylic acids is 1. The van der Waals surface area contributed by atoms with Gasteiger partial charge in [-0.05, 0) is 67.5 Å². The Morgan fingerprint density at radius 2 is 1.64 bits per heavy atom. The van der Waals surface area contributed by atoms with Crippen LogP contribution in [0.1, 0.15) is 73.5 Å². The minimum absolute atomic E-state index is 0.0217. The molecule has 47 heavy (non-hydrogen) atoms. The molecule has 0 bridgehead atoms. The molecule has 1 unspecified atom stereocenters. The number of piperidine rings is 1. The number of alkyl halides is 3. The number of ether oxygens (including phenoxy) is 2. The quantitative estimate of drug-likeness (QED) is 0.354. The number of methoxy groups -OCH3 is 2. The molecule has 256 valence electrons. The third-order valence-corrected chi connectivity index (χ3v) is 11.1. The van der Waals surface area contributed by atoms with Gasteiger partial charge in [0, 0.05) is 63.4 Å². The van der Waals surface area contributed by atoms with Crippen molar-refractivity contribution in [2.24, 2.45) is 11.8 Å². The monoisotopic (exact) mass is 657 g/mol. The van der Waals surface area contributed by atoms with E-state index >= 15 is 0 Å². The first-order valence-electron chi connectivity index (χ1n) is 16.9. The van der Waals surface area contributed by atoms with Gasteiger partial charge in [0.1, 0.15) is 5.75 Å². The predicted molar refractivity (Wildman–Crippen MR) is 172 cm³/mol. The van der Waals surface area contributed by atoms with Gasteiger partial charge < -0.3 is 24.4 Å². The molecule has 6 rings (SSSR count). The largest absolute Gasteiger partial charge is 0.497 e. The zero-order valence-corrected chi connectivity index (χ0v) is 27.3. The van der Waals surface area contributed by atoms with Gasteiger partial charge >= 0.3 is 12.1 Å². The fourth-order valence-corrected chi connectivity index (χ4v) is 8.52. The summed E-state index contributed by atoms with van der Waals surface area (Å²) in [5.74, 6) is -0.929. The summed E-state index contributed by atoms with van der Waals surface area (Å²) in [5, 5.41) is 9.49. The number of hydrogen-bond acceptors (Lipinski definition) is 6. The molecule has 0 radical (unpaired) electrons. The topological polar surface area (TPSA) is 82.5 Å². The van der Waals surface area contributed by atoms with Crippen molar-refractivity contribution in [3.63, 3.8) is 0 Å². The van der Waals surface area contributed by atoms with E-state index in [9.17, 15) is 27.9 Å². The fraction of sp³-hybridized carbons (Fsp3) is 0.611. The summed E-state index contributed by atoms with van der Waals surface area (Å²) in [7, 11) is 3.25. The van der Waals surface area contributed by atoms with Crippen LogP contribution < -0.4 is 9.64 Å². The summed E-state index contributed by atoms with van der Waals surface area (Å²) in [4.78, 5) is 32.6. The number of carbonyl (C=O) groups excluding carboxylic acids is 1. The van der Waals surface area contributed by atoms with Gasteiger partial charge in [-0.25, -0.2) is 0 Å². The highest BCUT2D eigenvalue weighted by atomic mass is 19.4. The van der Waals surface area contributed by atoms with Crippen LogP contribution in [0.2, 0.25) is 0 Å². The Morgan fingerprint density at radius 1 is 0.936 bits per heavy atom. The minimum Gasteiger partial charge on any atom is -0.497 e. The first-order chi connectivity index (χ1) is 22.6. The van der Waals surface area contributed by atoms with Crippen LogP contribution in [0.3, 0.4) is 0 Å². The number of carboxylic acids is 1. The average Bonchev–Trinajstić information content (AvgIpc) is 3.85. The van der Waals surface area contributed by atoms with Crippen LogP contribution in [0.15, 0.2) is 42.5 Å². The van der Waals surface area contributed by atoms with E-state index in [1.807, 2.05) is 21.9 Å². The van der Waals surface area contributed by atoms with E-state index in [2.05, 4.69) is 17.0 Å². The van der Waals surface area contributed by atoms with Crippen LogP contribution in [0.4, 0.5) is 18.9 Å². The first kappa shape index (κ1) is 33.6. The number of amides is 1. The van der Waals surface area contributed by atoms with Gasteiger partial charge in [0.05, 0.1) is 37.2 Å². The van der Waals surface area contributed by atoms with E-state index in [0.29, 0.717) is 63.8 Å². The van der Waals surface area contributed by atoms with Crippen molar-refractivity contribution < 1.29 is 37.3 Å². The molecule has 3 heterocycles. The molecule has 3 saturated heterocycles. The highest BCUT2D eigenvalue weighted by molar-refractivity contribution is 5.82. The van der Waals surface area contributed by atoms with Crippen LogP contribution in [0.5, 0.6) is 5.75 Å². The number of benzene rings is 2. The van der Waals surface area contributed by atoms with Gasteiger partial charge in [0.2, 0.25) is 5.91 Å². The van der Waals surface area contributed by atoms with Crippen LogP contribution in [0.25, 0.3) is 0 Å². The van der Waals surface area contributed by atoms with E-state index in [1.165, 1.54) is 18.9 Å². The molecular weight excluding hydrogens is 611 g/mol. The van der Waals surface area contributed by atoms with E-state index in [-0.39, 0.29) is 29.7 Å². The van der Waals surface area contributed by atoms with Crippen molar-refractivity contribution in [1.82, 2.24) is 9.80 Å². The number of likely N-dealkylation sites (tertiary alicyclic amines) is 2. The first-order valence-corrected chi connectivity index (χ1v) is 16.9. The molecule has 2 aromatic carbocycles. The molecule has 0 aromatic heterocycles. The Kier molecular flexibility index (Phi) is 10.0. The lowest BCUT2D eigenvalue weighted by Gasteiger charge is -2.34. The number of anilines is 1. The summed E-state index contributed by atoms with van der Waals surface area (Å²) < 4.78 is 52.7. The smallest absolute Gasteiger partial charge is 0.416 e. The predicted octanol–water partition coefficient (Wildman–Crippen LogP) is 6.00. The number of carboxylic acid groups (broad SMARTS) is 1. The number of hydrogen-bond donors (Lipinski definition) is 1. The second kappa shape index (κ2) is 14.0. The van der Waals surface area contributed by atoms with Gasteiger partial charge in [-0.15, -0.1) is 0 Å². The van der Waals surface area contributed by atoms with Crippen LogP contribution in [-0.4, -0.2) is 92.4 Å². The van der Waals surface area contributed by atoms with Gasteiger partial charge in [-0.3, -0.25) is 14.5 Å². The zero-order chi connectivity index (χ0) is 33.3. The molecule has 4 atom stereocenters. The molecule has 4 fully saturated rings. The lowest BCUT2D eigenvalue weighted by atomic mass is 9.87. The maximum atomic E-state index is 14.7. The summed E-state index contributed by atoms with van der Waals surface area (Å²) >= 11 is 0. The molecule has 3 aliphatic heterocycles. The number of nitrogens with zero attached hydrogens (tertiary/aromatic N) is 3. The van der Waals surface area contributed by atoms with Crippen molar-refractivity contribution in [2.45, 2.75) is 75.0 Å². The van der Waals surface area contributed by atoms with Crippen LogP contribution >= 0.6 is 0 Å². The van der Waals surface area contributed by atoms with Gasteiger partial charge in [-0.1, -0.05) is 31.0 Å². The van der Waals surface area contributed by atoms with Crippen molar-refractivity contribution >= 4 is 17.6 Å². The molecule has 2 aromatic rings. The highest BCUT2D eigenvalue weighted by Gasteiger charge is 2.47. The summed E-state index contributed by atoms with van der Waals surface area (Å²) in [6.07, 6.45) is 1.53. The molecule has 0 spiro atoms. The molecule has 1 saturated carbocycles. The normalized spacial score (nSPS) is 26.3. The van der Waals surface area contributed by atoms with Crippen LogP contribution in [-0.2, 0) is 20.5 Å². The summed E-state index contributed by atoms with van der Waals surface area (Å²) in [5.41, 5.74) is 1.65. The number of carbonyl (C=O) groups is 2. The second-order valence-corrected chi connectivity index (χ2v) is 13.8. The Hall–Kier alpha value is -3.31. The third kappa shape index (κ3) is 7.11. The maximum Gasteiger partial charge on any atom is 0.416 e. The lowest BCUT2D eigenvalue weighted by molar-refractivity contribution is -0.142. The fourth-order valence-electron chi connectivity index (χ4n) is 8.52. The third-order valence-electron chi connectivity index (χ3n) is 11.1. The Balaban J connectivity index is 1.28. The van der Waals surface area contributed by atoms with Crippen LogP contribution in [0, 0.1) is 11.8 Å². The summed E-state index contributed by atoms with van der Waals surface area (Å²) in [6, 6.07) is 12.2. The van der Waals surface area contributed by atoms with Crippen molar-refractivity contribution in [3.05, 3.63) is 59.2 Å². The van der Waals surface area contributed by atoms with Gasteiger partial charge in [0.25, 0.3) is 0 Å². The molecule has 1 amide bonds. The second-order valence-electron chi connectivity index (χ2n) is 13.8. The minimum atomic E-state index is -4.51. The van der Waals surface area contributed by atoms with E-state index in [4.69, 9.17) is 9.47 Å². The molecule has 1 N–H and O–H groups in total. The van der Waals surface area contributed by atoms with Crippen molar-refractivity contribution in [3.8, 4) is 5.75 Å². The van der Waals surface area contributed by atoms with Gasteiger partial charge in [-0.2, -0.15) is 13.2 Å². The van der Waals surface area contributed by atoms with Crippen molar-refractivity contribution in [2.75, 3.05) is 58.5 Å². The highest BCUT2D eigenvalue weighted by Crippen LogP contribution is 2.44. The average molecular weight is 658 g/mol. The zero-order valence-electron chi connectivity index (χ0n) is 27.3. The van der Waals surface area contributed by atoms with E-state index in [1.54, 1.807) is 20.3 Å². The molecule has 1 aliphatic carbocycles. The maximum absolute atomic E-state index is 14.7. The summed E-state index contributed by atoms with van der Waals surface area (Å²) in [6.45, 7) is 2.97. The molecule has 8 nitrogen and oxygen atoms in total. The molecule has 4 aliphatic rings. The SMILES string of the molecule is COC[C@@H]1CC(c2ccc(C(F)(F)F)cc2N2CCC(C(=O)O)CC2)CN1C(=O)[C@@H]1CN(C2CCCC2)C[C@H]1c1ccc(OC)cc1. The van der Waals surface area contributed by atoms with Crippen molar-refractivity contribution in [1.29, 1.82) is 0 Å². The Labute approximate surface area is 274 Å². The lowest BCUT2D eigenvalue weighted by Crippen LogP contribution is -2.44.